The first-order chi connectivity index (χ1) is 13.7. The van der Waals surface area contributed by atoms with E-state index in [1.54, 1.807) is 4.90 Å². The molecule has 0 radical (unpaired) electrons. The first-order valence-electron chi connectivity index (χ1n) is 9.25. The Kier molecular flexibility index (Phi) is 3.89. The van der Waals surface area contributed by atoms with Gasteiger partial charge in [0.25, 0.3) is 0 Å². The predicted octanol–water partition coefficient (Wildman–Crippen LogP) is 3.02. The minimum Gasteiger partial charge on any atom is -0.339 e. The third-order valence-corrected chi connectivity index (χ3v) is 5.06. The summed E-state index contributed by atoms with van der Waals surface area (Å²) >= 11 is 0. The van der Waals surface area contributed by atoms with Crippen LogP contribution in [0.4, 0.5) is 5.69 Å². The molecule has 140 valence electrons. The summed E-state index contributed by atoms with van der Waals surface area (Å²) in [6.07, 6.45) is 0.361. The number of nitrogens with zero attached hydrogens (tertiary/aromatic N) is 6. The molecule has 1 aliphatic heterocycles. The van der Waals surface area contributed by atoms with Crippen LogP contribution in [0.25, 0.3) is 22.4 Å². The number of fused-ring (bicyclic) bond motifs is 1. The summed E-state index contributed by atoms with van der Waals surface area (Å²) in [6.45, 7) is 3.32. The fourth-order valence-electron chi connectivity index (χ4n) is 3.59. The van der Waals surface area contributed by atoms with E-state index in [0.29, 0.717) is 24.7 Å². The second-order valence-corrected chi connectivity index (χ2v) is 6.81. The molecule has 1 aliphatic rings. The first-order valence-corrected chi connectivity index (χ1v) is 9.25. The lowest BCUT2D eigenvalue weighted by Gasteiger charge is -2.15. The zero-order valence-corrected chi connectivity index (χ0v) is 15.3. The van der Waals surface area contributed by atoms with Gasteiger partial charge in [-0.1, -0.05) is 28.6 Å². The molecule has 0 saturated carbocycles. The van der Waals surface area contributed by atoms with Crippen LogP contribution in [0.2, 0.25) is 0 Å². The SMILES string of the molecule is CCn1nnc2cc(-c3noc([C@@H]4CC(=O)N(c5ccccc5)C4)n3)ccc21. The Hall–Kier alpha value is -3.55. The van der Waals surface area contributed by atoms with Crippen molar-refractivity contribution in [1.29, 1.82) is 0 Å². The summed E-state index contributed by atoms with van der Waals surface area (Å²) in [5, 5.41) is 12.4. The number of benzene rings is 2. The Morgan fingerprint density at radius 2 is 2.04 bits per heavy atom. The monoisotopic (exact) mass is 374 g/mol. The maximum absolute atomic E-state index is 12.4. The van der Waals surface area contributed by atoms with Gasteiger partial charge in [0.2, 0.25) is 17.6 Å². The van der Waals surface area contributed by atoms with Crippen molar-refractivity contribution >= 4 is 22.6 Å². The molecule has 2 aromatic heterocycles. The molecule has 28 heavy (non-hydrogen) atoms. The average Bonchev–Trinajstić information content (AvgIpc) is 3.46. The number of para-hydroxylation sites is 1. The lowest BCUT2D eigenvalue weighted by molar-refractivity contribution is -0.117. The van der Waals surface area contributed by atoms with Crippen LogP contribution in [0.5, 0.6) is 0 Å². The van der Waals surface area contributed by atoms with Crippen LogP contribution in [0.15, 0.2) is 53.1 Å². The maximum Gasteiger partial charge on any atom is 0.232 e. The van der Waals surface area contributed by atoms with E-state index in [4.69, 9.17) is 4.52 Å². The zero-order chi connectivity index (χ0) is 19.1. The van der Waals surface area contributed by atoms with Gasteiger partial charge >= 0.3 is 0 Å². The molecular weight excluding hydrogens is 356 g/mol. The summed E-state index contributed by atoms with van der Waals surface area (Å²) < 4.78 is 7.33. The van der Waals surface area contributed by atoms with Crippen molar-refractivity contribution in [3.8, 4) is 11.4 Å². The molecule has 1 saturated heterocycles. The van der Waals surface area contributed by atoms with E-state index < -0.39 is 0 Å². The van der Waals surface area contributed by atoms with Crippen LogP contribution in [-0.2, 0) is 11.3 Å². The molecule has 0 N–H and O–H groups in total. The molecule has 1 atom stereocenters. The molecule has 8 nitrogen and oxygen atoms in total. The summed E-state index contributed by atoms with van der Waals surface area (Å²) in [5.41, 5.74) is 3.46. The molecule has 8 heteroatoms. The van der Waals surface area contributed by atoms with E-state index in [-0.39, 0.29) is 11.8 Å². The molecular formula is C20H18N6O2. The normalized spacial score (nSPS) is 17.0. The lowest BCUT2D eigenvalue weighted by atomic mass is 10.1. The quantitative estimate of drug-likeness (QED) is 0.545. The molecule has 0 unspecified atom stereocenters. The maximum atomic E-state index is 12.4. The number of anilines is 1. The van der Waals surface area contributed by atoms with Crippen molar-refractivity contribution in [2.45, 2.75) is 25.8 Å². The van der Waals surface area contributed by atoms with E-state index in [1.807, 2.05) is 60.1 Å². The fraction of sp³-hybridized carbons (Fsp3) is 0.250. The van der Waals surface area contributed by atoms with Gasteiger partial charge in [-0.05, 0) is 37.3 Å². The molecule has 1 fully saturated rings. The number of aromatic nitrogens is 5. The Labute approximate surface area is 160 Å². The fourth-order valence-corrected chi connectivity index (χ4v) is 3.59. The van der Waals surface area contributed by atoms with Gasteiger partial charge in [0, 0.05) is 30.8 Å². The first kappa shape index (κ1) is 16.6. The molecule has 0 aliphatic carbocycles. The second kappa shape index (κ2) is 6.56. The van der Waals surface area contributed by atoms with Crippen LogP contribution in [0.3, 0.4) is 0 Å². The van der Waals surface area contributed by atoms with Crippen molar-refractivity contribution in [3.63, 3.8) is 0 Å². The average molecular weight is 374 g/mol. The topological polar surface area (TPSA) is 89.9 Å². The molecule has 0 bridgehead atoms. The number of aryl methyl sites for hydroxylation is 1. The summed E-state index contributed by atoms with van der Waals surface area (Å²) in [6, 6.07) is 15.4. The van der Waals surface area contributed by atoms with E-state index in [9.17, 15) is 4.79 Å². The highest BCUT2D eigenvalue weighted by atomic mass is 16.5. The van der Waals surface area contributed by atoms with Gasteiger partial charge in [-0.15, -0.1) is 5.10 Å². The van der Waals surface area contributed by atoms with Gasteiger partial charge in [0.1, 0.15) is 5.52 Å². The van der Waals surface area contributed by atoms with Crippen LogP contribution < -0.4 is 4.90 Å². The Morgan fingerprint density at radius 3 is 2.86 bits per heavy atom. The van der Waals surface area contributed by atoms with Crippen molar-refractivity contribution < 1.29 is 9.32 Å². The number of hydrogen-bond donors (Lipinski definition) is 0. The van der Waals surface area contributed by atoms with Gasteiger partial charge in [0.15, 0.2) is 0 Å². The van der Waals surface area contributed by atoms with E-state index in [1.165, 1.54) is 0 Å². The minimum atomic E-state index is -0.112. The highest BCUT2D eigenvalue weighted by Crippen LogP contribution is 2.32. The van der Waals surface area contributed by atoms with Crippen molar-refractivity contribution in [2.24, 2.45) is 0 Å². The highest BCUT2D eigenvalue weighted by molar-refractivity contribution is 5.96. The number of carbonyl (C=O) groups is 1. The number of rotatable bonds is 4. The minimum absolute atomic E-state index is 0.0635. The Balaban J connectivity index is 1.40. The smallest absolute Gasteiger partial charge is 0.232 e. The van der Waals surface area contributed by atoms with Gasteiger partial charge in [-0.2, -0.15) is 4.98 Å². The molecule has 1 amide bonds. The summed E-state index contributed by atoms with van der Waals surface area (Å²) in [7, 11) is 0. The van der Waals surface area contributed by atoms with Gasteiger partial charge in [-0.3, -0.25) is 4.79 Å². The van der Waals surface area contributed by atoms with Crippen LogP contribution in [0, 0.1) is 0 Å². The van der Waals surface area contributed by atoms with Crippen LogP contribution in [0.1, 0.15) is 25.2 Å². The zero-order valence-electron chi connectivity index (χ0n) is 15.3. The third kappa shape index (κ3) is 2.74. The van der Waals surface area contributed by atoms with E-state index >= 15 is 0 Å². The van der Waals surface area contributed by atoms with Crippen molar-refractivity contribution in [3.05, 3.63) is 54.4 Å². The molecule has 5 rings (SSSR count). The van der Waals surface area contributed by atoms with E-state index in [0.717, 1.165) is 28.8 Å². The largest absolute Gasteiger partial charge is 0.339 e. The standard InChI is InChI=1S/C20H18N6O2/c1-2-26-17-9-8-13(10-16(17)22-24-26)19-21-20(28-23-19)14-11-18(27)25(12-14)15-6-4-3-5-7-15/h3-10,14H,2,11-12H2,1H3/t14-/m1/s1. The van der Waals surface area contributed by atoms with Gasteiger partial charge < -0.3 is 9.42 Å². The number of hydrogen-bond acceptors (Lipinski definition) is 6. The second-order valence-electron chi connectivity index (χ2n) is 6.81. The number of carbonyl (C=O) groups excluding carboxylic acids is 1. The van der Waals surface area contributed by atoms with E-state index in [2.05, 4.69) is 20.5 Å². The van der Waals surface area contributed by atoms with Crippen molar-refractivity contribution in [2.75, 3.05) is 11.4 Å². The van der Waals surface area contributed by atoms with Crippen molar-refractivity contribution in [1.82, 2.24) is 25.1 Å². The highest BCUT2D eigenvalue weighted by Gasteiger charge is 2.35. The molecule has 2 aromatic carbocycles. The van der Waals surface area contributed by atoms with Crippen LogP contribution in [-0.4, -0.2) is 37.6 Å². The Morgan fingerprint density at radius 1 is 1.18 bits per heavy atom. The summed E-state index contributed by atoms with van der Waals surface area (Å²) in [5.74, 6) is 0.930. The van der Waals surface area contributed by atoms with Gasteiger partial charge in [-0.25, -0.2) is 4.68 Å². The molecule has 3 heterocycles. The van der Waals surface area contributed by atoms with Gasteiger partial charge in [0.05, 0.1) is 11.4 Å². The molecule has 0 spiro atoms. The summed E-state index contributed by atoms with van der Waals surface area (Å²) in [4.78, 5) is 18.7. The lowest BCUT2D eigenvalue weighted by Crippen LogP contribution is -2.24. The third-order valence-electron chi connectivity index (χ3n) is 5.06. The Bertz CT molecular complexity index is 1150. The predicted molar refractivity (Wildman–Crippen MR) is 103 cm³/mol. The van der Waals surface area contributed by atoms with Crippen LogP contribution >= 0.6 is 0 Å². The number of amides is 1. The molecule has 4 aromatic rings.